The largest absolute Gasteiger partial charge is 0.508 e. The third-order valence-electron chi connectivity index (χ3n) is 3.88. The lowest BCUT2D eigenvalue weighted by atomic mass is 9.97. The van der Waals surface area contributed by atoms with Gasteiger partial charge in [0, 0.05) is 35.7 Å². The molecule has 1 aromatic carbocycles. The van der Waals surface area contributed by atoms with Crippen LogP contribution in [0.2, 0.25) is 0 Å². The van der Waals surface area contributed by atoms with Crippen molar-refractivity contribution < 1.29 is 15.0 Å². The van der Waals surface area contributed by atoms with Crippen molar-refractivity contribution in [3.63, 3.8) is 0 Å². The Morgan fingerprint density at radius 2 is 2.04 bits per heavy atom. The average molecular weight is 311 g/mol. The van der Waals surface area contributed by atoms with Crippen LogP contribution >= 0.6 is 0 Å². The SMILES string of the molecule is CCC1=NN(C(=O)c2cccc(O)c2)[C@](O)(c2ccncc2)C1. The van der Waals surface area contributed by atoms with E-state index < -0.39 is 11.6 Å². The van der Waals surface area contributed by atoms with E-state index in [-0.39, 0.29) is 17.7 Å². The molecule has 1 aliphatic rings. The fourth-order valence-electron chi connectivity index (χ4n) is 2.63. The number of phenols is 1. The van der Waals surface area contributed by atoms with Crippen molar-refractivity contribution in [2.75, 3.05) is 0 Å². The number of pyridine rings is 1. The molecule has 1 aliphatic heterocycles. The maximum absolute atomic E-state index is 12.8. The standard InChI is InChI=1S/C17H17N3O3/c1-2-14-11-17(23,13-6-8-18-9-7-13)20(19-14)16(22)12-4-3-5-15(21)10-12/h3-10,21,23H,2,11H2,1H3/t17-/m1/s1. The Morgan fingerprint density at radius 1 is 1.30 bits per heavy atom. The summed E-state index contributed by atoms with van der Waals surface area (Å²) in [5.41, 5.74) is 0.00111. The van der Waals surface area contributed by atoms with Crippen LogP contribution in [0.1, 0.15) is 35.7 Å². The van der Waals surface area contributed by atoms with Gasteiger partial charge in [0.05, 0.1) is 0 Å². The second kappa shape index (κ2) is 5.81. The van der Waals surface area contributed by atoms with Gasteiger partial charge in [-0.2, -0.15) is 10.1 Å². The Morgan fingerprint density at radius 3 is 2.70 bits per heavy atom. The molecule has 2 heterocycles. The fourth-order valence-corrected chi connectivity index (χ4v) is 2.63. The Hall–Kier alpha value is -2.73. The monoisotopic (exact) mass is 311 g/mol. The Labute approximate surface area is 133 Å². The summed E-state index contributed by atoms with van der Waals surface area (Å²) in [6, 6.07) is 9.32. The summed E-state index contributed by atoms with van der Waals surface area (Å²) in [5, 5.41) is 26.1. The number of nitrogens with zero attached hydrogens (tertiary/aromatic N) is 3. The second-order valence-electron chi connectivity index (χ2n) is 5.42. The molecular formula is C17H17N3O3. The Bertz CT molecular complexity index is 761. The molecule has 0 unspecified atom stereocenters. The molecular weight excluding hydrogens is 294 g/mol. The molecule has 3 rings (SSSR count). The van der Waals surface area contributed by atoms with Gasteiger partial charge in [0.1, 0.15) is 5.75 Å². The van der Waals surface area contributed by atoms with Crippen LogP contribution in [0.5, 0.6) is 5.75 Å². The molecule has 0 aliphatic carbocycles. The molecule has 118 valence electrons. The van der Waals surface area contributed by atoms with Gasteiger partial charge in [-0.1, -0.05) is 13.0 Å². The summed E-state index contributed by atoms with van der Waals surface area (Å²) in [7, 11) is 0. The van der Waals surface area contributed by atoms with Crippen molar-refractivity contribution in [1.29, 1.82) is 0 Å². The predicted molar refractivity (Wildman–Crippen MR) is 84.8 cm³/mol. The zero-order chi connectivity index (χ0) is 16.4. The lowest BCUT2D eigenvalue weighted by molar-refractivity contribution is -0.0766. The Balaban J connectivity index is 2.03. The van der Waals surface area contributed by atoms with Crippen molar-refractivity contribution in [2.24, 2.45) is 5.10 Å². The molecule has 2 N–H and O–H groups in total. The lowest BCUT2D eigenvalue weighted by Crippen LogP contribution is -2.43. The third-order valence-corrected chi connectivity index (χ3v) is 3.88. The second-order valence-corrected chi connectivity index (χ2v) is 5.42. The molecule has 0 bridgehead atoms. The van der Waals surface area contributed by atoms with E-state index >= 15 is 0 Å². The van der Waals surface area contributed by atoms with E-state index in [2.05, 4.69) is 10.1 Å². The van der Waals surface area contributed by atoms with E-state index in [1.807, 2.05) is 6.92 Å². The van der Waals surface area contributed by atoms with Gasteiger partial charge >= 0.3 is 0 Å². The highest BCUT2D eigenvalue weighted by Gasteiger charge is 2.45. The van der Waals surface area contributed by atoms with E-state index in [1.54, 1.807) is 36.7 Å². The van der Waals surface area contributed by atoms with E-state index in [4.69, 9.17) is 0 Å². The molecule has 23 heavy (non-hydrogen) atoms. The van der Waals surface area contributed by atoms with Gasteiger partial charge in [0.25, 0.3) is 5.91 Å². The third kappa shape index (κ3) is 2.68. The smallest absolute Gasteiger partial charge is 0.277 e. The van der Waals surface area contributed by atoms with Crippen LogP contribution in [0, 0.1) is 0 Å². The quantitative estimate of drug-likeness (QED) is 0.910. The van der Waals surface area contributed by atoms with Crippen LogP contribution < -0.4 is 0 Å². The van der Waals surface area contributed by atoms with E-state index in [9.17, 15) is 15.0 Å². The van der Waals surface area contributed by atoms with Gasteiger partial charge in [0.15, 0.2) is 5.72 Å². The number of hydrazone groups is 1. The normalized spacial score (nSPS) is 20.4. The van der Waals surface area contributed by atoms with Crippen LogP contribution in [0.4, 0.5) is 0 Å². The van der Waals surface area contributed by atoms with Crippen molar-refractivity contribution in [2.45, 2.75) is 25.5 Å². The first-order valence-electron chi connectivity index (χ1n) is 7.37. The van der Waals surface area contributed by atoms with Crippen molar-refractivity contribution in [3.05, 3.63) is 59.9 Å². The summed E-state index contributed by atoms with van der Waals surface area (Å²) in [4.78, 5) is 16.7. The minimum Gasteiger partial charge on any atom is -0.508 e. The van der Waals surface area contributed by atoms with Gasteiger partial charge in [0.2, 0.25) is 0 Å². The first-order valence-corrected chi connectivity index (χ1v) is 7.37. The Kier molecular flexibility index (Phi) is 3.83. The molecule has 0 fully saturated rings. The first kappa shape index (κ1) is 15.2. The van der Waals surface area contributed by atoms with Crippen LogP contribution in [0.15, 0.2) is 53.9 Å². The summed E-state index contributed by atoms with van der Waals surface area (Å²) >= 11 is 0. The zero-order valence-electron chi connectivity index (χ0n) is 12.7. The molecule has 0 saturated heterocycles. The number of rotatable bonds is 3. The minimum absolute atomic E-state index is 0.0119. The maximum atomic E-state index is 12.8. The number of carbonyl (C=O) groups is 1. The molecule has 0 spiro atoms. The highest BCUT2D eigenvalue weighted by atomic mass is 16.3. The molecule has 6 nitrogen and oxygen atoms in total. The number of aliphatic hydroxyl groups is 1. The van der Waals surface area contributed by atoms with E-state index in [1.165, 1.54) is 12.1 Å². The zero-order valence-corrected chi connectivity index (χ0v) is 12.7. The van der Waals surface area contributed by atoms with Crippen LogP contribution in [0.3, 0.4) is 0 Å². The summed E-state index contributed by atoms with van der Waals surface area (Å²) in [6.45, 7) is 1.92. The predicted octanol–water partition coefficient (Wildman–Crippen LogP) is 2.24. The highest BCUT2D eigenvalue weighted by Crippen LogP contribution is 2.37. The lowest BCUT2D eigenvalue weighted by Gasteiger charge is -2.31. The summed E-state index contributed by atoms with van der Waals surface area (Å²) < 4.78 is 0. The van der Waals surface area contributed by atoms with Gasteiger partial charge in [-0.05, 0) is 36.8 Å². The number of benzene rings is 1. The van der Waals surface area contributed by atoms with E-state index in [0.717, 1.165) is 10.7 Å². The fraction of sp³-hybridized carbons (Fsp3) is 0.235. The van der Waals surface area contributed by atoms with Crippen LogP contribution in [0.25, 0.3) is 0 Å². The van der Waals surface area contributed by atoms with Crippen molar-refractivity contribution in [1.82, 2.24) is 9.99 Å². The summed E-state index contributed by atoms with van der Waals surface area (Å²) in [5.74, 6) is -0.481. The van der Waals surface area contributed by atoms with E-state index in [0.29, 0.717) is 12.0 Å². The number of aromatic hydroxyl groups is 1. The molecule has 6 heteroatoms. The first-order chi connectivity index (χ1) is 11.0. The molecule has 1 atom stereocenters. The maximum Gasteiger partial charge on any atom is 0.277 e. The number of aromatic nitrogens is 1. The summed E-state index contributed by atoms with van der Waals surface area (Å²) in [6.07, 6.45) is 4.01. The number of hydrogen-bond acceptors (Lipinski definition) is 5. The van der Waals surface area contributed by atoms with Crippen LogP contribution in [-0.4, -0.2) is 31.8 Å². The van der Waals surface area contributed by atoms with Crippen LogP contribution in [-0.2, 0) is 5.72 Å². The van der Waals surface area contributed by atoms with Gasteiger partial charge in [-0.3, -0.25) is 9.78 Å². The molecule has 0 saturated carbocycles. The van der Waals surface area contributed by atoms with Crippen molar-refractivity contribution in [3.8, 4) is 5.75 Å². The topological polar surface area (TPSA) is 86.0 Å². The number of amides is 1. The molecule has 0 radical (unpaired) electrons. The molecule has 2 aromatic rings. The van der Waals surface area contributed by atoms with Gasteiger partial charge in [-0.25, -0.2) is 0 Å². The number of carbonyl (C=O) groups excluding carboxylic acids is 1. The number of phenolic OH excluding ortho intramolecular Hbond substituents is 1. The highest BCUT2D eigenvalue weighted by molar-refractivity contribution is 5.98. The average Bonchev–Trinajstić information content (AvgIpc) is 2.93. The molecule has 1 aromatic heterocycles. The minimum atomic E-state index is -1.54. The van der Waals surface area contributed by atoms with Gasteiger partial charge in [-0.15, -0.1) is 0 Å². The van der Waals surface area contributed by atoms with Gasteiger partial charge < -0.3 is 10.2 Å². The molecule has 1 amide bonds. The van der Waals surface area contributed by atoms with Crippen molar-refractivity contribution >= 4 is 11.6 Å². The number of hydrogen-bond donors (Lipinski definition) is 2.